The lowest BCUT2D eigenvalue weighted by molar-refractivity contribution is 0.152. The summed E-state index contributed by atoms with van der Waals surface area (Å²) >= 11 is 0. The molecule has 0 saturated carbocycles. The standard InChI is InChI=1S/C28H32N10/c1-20(26-12-22(24-15-31-34(4)16-24)19-38-28(26)23(13-29)14-32-38)6-7-27(30-3)37-10-8-36(9-11-37)18-25-17-35(5)33-21(25)2/h6-7,12,14-17,19H,3,8-11,18H2,1-2,4-5H3/b20-6+,27-7+. The van der Waals surface area contributed by atoms with Crippen LogP contribution in [-0.4, -0.2) is 71.9 Å². The number of aryl methyl sites for hydroxylation is 3. The molecule has 0 atom stereocenters. The Morgan fingerprint density at radius 1 is 1.05 bits per heavy atom. The highest BCUT2D eigenvalue weighted by Crippen LogP contribution is 2.29. The van der Waals surface area contributed by atoms with E-state index >= 15 is 0 Å². The van der Waals surface area contributed by atoms with Crippen molar-refractivity contribution in [1.82, 2.24) is 39.0 Å². The summed E-state index contributed by atoms with van der Waals surface area (Å²) in [5.41, 5.74) is 7.59. The van der Waals surface area contributed by atoms with Crippen molar-refractivity contribution in [2.24, 2.45) is 19.1 Å². The Balaban J connectivity index is 1.38. The summed E-state index contributed by atoms with van der Waals surface area (Å²) in [6.45, 7) is 12.5. The normalized spacial score (nSPS) is 15.3. The highest BCUT2D eigenvalue weighted by Gasteiger charge is 2.20. The maximum absolute atomic E-state index is 9.69. The molecule has 0 unspecified atom stereocenters. The molecule has 0 aromatic carbocycles. The van der Waals surface area contributed by atoms with Gasteiger partial charge in [-0.1, -0.05) is 6.08 Å². The summed E-state index contributed by atoms with van der Waals surface area (Å²) in [5.74, 6) is 0.843. The fourth-order valence-corrected chi connectivity index (χ4v) is 4.96. The van der Waals surface area contributed by atoms with Crippen molar-refractivity contribution in [3.05, 3.63) is 77.4 Å². The van der Waals surface area contributed by atoms with Crippen LogP contribution >= 0.6 is 0 Å². The molecule has 194 valence electrons. The summed E-state index contributed by atoms with van der Waals surface area (Å²) in [4.78, 5) is 9.06. The largest absolute Gasteiger partial charge is 0.354 e. The van der Waals surface area contributed by atoms with Gasteiger partial charge in [-0.2, -0.15) is 20.6 Å². The Morgan fingerprint density at radius 2 is 1.84 bits per heavy atom. The predicted octanol–water partition coefficient (Wildman–Crippen LogP) is 3.41. The van der Waals surface area contributed by atoms with Crippen LogP contribution in [0.3, 0.4) is 0 Å². The molecule has 5 rings (SSSR count). The minimum atomic E-state index is 0.538. The molecule has 0 spiro atoms. The third-order valence-electron chi connectivity index (χ3n) is 7.05. The second-order valence-electron chi connectivity index (χ2n) is 9.72. The minimum Gasteiger partial charge on any atom is -0.354 e. The number of nitrogens with zero attached hydrogens (tertiary/aromatic N) is 10. The highest BCUT2D eigenvalue weighted by molar-refractivity contribution is 5.84. The molecule has 5 heterocycles. The summed E-state index contributed by atoms with van der Waals surface area (Å²) in [7, 11) is 3.86. The molecule has 1 aliphatic heterocycles. The summed E-state index contributed by atoms with van der Waals surface area (Å²) < 4.78 is 5.42. The number of fused-ring (bicyclic) bond motifs is 1. The summed E-state index contributed by atoms with van der Waals surface area (Å²) in [6.07, 6.45) is 13.5. The van der Waals surface area contributed by atoms with Crippen molar-refractivity contribution in [3.63, 3.8) is 0 Å². The number of nitriles is 1. The van der Waals surface area contributed by atoms with E-state index in [1.807, 2.05) is 56.4 Å². The first kappa shape index (κ1) is 25.2. The zero-order valence-corrected chi connectivity index (χ0v) is 22.3. The molecule has 38 heavy (non-hydrogen) atoms. The lowest BCUT2D eigenvalue weighted by Gasteiger charge is -2.35. The number of hydrogen-bond donors (Lipinski definition) is 0. The molecule has 0 aliphatic carbocycles. The molecule has 0 N–H and O–H groups in total. The van der Waals surface area contributed by atoms with E-state index in [4.69, 9.17) is 0 Å². The van der Waals surface area contributed by atoms with Crippen LogP contribution in [0.25, 0.3) is 22.2 Å². The van der Waals surface area contributed by atoms with E-state index in [2.05, 4.69) is 62.1 Å². The first-order chi connectivity index (χ1) is 18.4. The zero-order valence-electron chi connectivity index (χ0n) is 22.3. The van der Waals surface area contributed by atoms with Crippen molar-refractivity contribution >= 4 is 17.8 Å². The Labute approximate surface area is 222 Å². The Bertz CT molecular complexity index is 1580. The van der Waals surface area contributed by atoms with Gasteiger partial charge in [0, 0.05) is 87.7 Å². The van der Waals surface area contributed by atoms with E-state index < -0.39 is 0 Å². The van der Waals surface area contributed by atoms with Crippen LogP contribution in [0.5, 0.6) is 0 Å². The van der Waals surface area contributed by atoms with Crippen LogP contribution in [0.1, 0.15) is 29.3 Å². The topological polar surface area (TPSA) is 95.6 Å². The molecule has 1 saturated heterocycles. The van der Waals surface area contributed by atoms with Crippen LogP contribution in [0, 0.1) is 18.3 Å². The first-order valence-electron chi connectivity index (χ1n) is 12.6. The van der Waals surface area contributed by atoms with Gasteiger partial charge >= 0.3 is 0 Å². The lowest BCUT2D eigenvalue weighted by Crippen LogP contribution is -2.45. The Hall–Kier alpha value is -4.49. The van der Waals surface area contributed by atoms with Crippen molar-refractivity contribution < 1.29 is 0 Å². The number of pyridine rings is 1. The molecule has 10 heteroatoms. The van der Waals surface area contributed by atoms with E-state index in [0.29, 0.717) is 5.56 Å². The third kappa shape index (κ3) is 5.01. The van der Waals surface area contributed by atoms with Crippen molar-refractivity contribution in [3.8, 4) is 17.2 Å². The molecule has 4 aromatic heterocycles. The smallest absolute Gasteiger partial charge is 0.127 e. The summed E-state index contributed by atoms with van der Waals surface area (Å²) in [6, 6.07) is 4.37. The number of piperazine rings is 1. The first-order valence-corrected chi connectivity index (χ1v) is 12.6. The van der Waals surface area contributed by atoms with Crippen molar-refractivity contribution in [2.45, 2.75) is 20.4 Å². The monoisotopic (exact) mass is 508 g/mol. The van der Waals surface area contributed by atoms with Gasteiger partial charge in [-0.05, 0) is 38.3 Å². The van der Waals surface area contributed by atoms with Crippen LogP contribution in [0.2, 0.25) is 0 Å². The minimum absolute atomic E-state index is 0.538. The lowest BCUT2D eigenvalue weighted by atomic mass is 10.0. The van der Waals surface area contributed by atoms with E-state index in [9.17, 15) is 5.26 Å². The second kappa shape index (κ2) is 10.5. The molecule has 1 aliphatic rings. The van der Waals surface area contributed by atoms with Crippen LogP contribution < -0.4 is 0 Å². The van der Waals surface area contributed by atoms with Crippen molar-refractivity contribution in [2.75, 3.05) is 26.2 Å². The van der Waals surface area contributed by atoms with Gasteiger partial charge in [0.05, 0.1) is 29.2 Å². The van der Waals surface area contributed by atoms with E-state index in [-0.39, 0.29) is 0 Å². The molecular formula is C28H32N10. The number of allylic oxidation sites excluding steroid dienone is 3. The van der Waals surface area contributed by atoms with Gasteiger partial charge < -0.3 is 4.90 Å². The van der Waals surface area contributed by atoms with E-state index in [1.165, 1.54) is 5.56 Å². The van der Waals surface area contributed by atoms with Crippen LogP contribution in [0.15, 0.2) is 60.0 Å². The van der Waals surface area contributed by atoms with Gasteiger partial charge in [0.25, 0.3) is 0 Å². The molecular weight excluding hydrogens is 476 g/mol. The van der Waals surface area contributed by atoms with Crippen LogP contribution in [-0.2, 0) is 20.6 Å². The van der Waals surface area contributed by atoms with Gasteiger partial charge in [0.1, 0.15) is 11.9 Å². The average molecular weight is 509 g/mol. The second-order valence-corrected chi connectivity index (χ2v) is 9.72. The Morgan fingerprint density at radius 3 is 2.47 bits per heavy atom. The fourth-order valence-electron chi connectivity index (χ4n) is 4.96. The molecule has 1 fully saturated rings. The molecule has 0 radical (unpaired) electrons. The van der Waals surface area contributed by atoms with Crippen LogP contribution in [0.4, 0.5) is 0 Å². The maximum Gasteiger partial charge on any atom is 0.127 e. The highest BCUT2D eigenvalue weighted by atomic mass is 15.3. The maximum atomic E-state index is 9.69. The molecule has 0 bridgehead atoms. The number of aliphatic imine (C=N–C) groups is 1. The SMILES string of the molecule is C=N/C(=C\C=C(/C)c1cc(-c2cnn(C)c2)cn2ncc(C#N)c12)N1CCN(Cc2cn(C)nc2C)CC1. The molecule has 0 amide bonds. The number of aromatic nitrogens is 6. The quantitative estimate of drug-likeness (QED) is 0.280. The number of hydrogen-bond acceptors (Lipinski definition) is 7. The van der Waals surface area contributed by atoms with E-state index in [1.54, 1.807) is 15.4 Å². The zero-order chi connectivity index (χ0) is 26.8. The van der Waals surface area contributed by atoms with Gasteiger partial charge in [0.15, 0.2) is 0 Å². The average Bonchev–Trinajstić information content (AvgIpc) is 3.62. The predicted molar refractivity (Wildman–Crippen MR) is 148 cm³/mol. The number of rotatable bonds is 7. The van der Waals surface area contributed by atoms with Gasteiger partial charge in [-0.25, -0.2) is 9.51 Å². The van der Waals surface area contributed by atoms with Gasteiger partial charge in [-0.3, -0.25) is 14.3 Å². The molecule has 10 nitrogen and oxygen atoms in total. The Kier molecular flexibility index (Phi) is 6.94. The fraction of sp³-hybridized carbons (Fsp3) is 0.321. The summed E-state index contributed by atoms with van der Waals surface area (Å²) in [5, 5.41) is 22.9. The third-order valence-corrected chi connectivity index (χ3v) is 7.05. The van der Waals surface area contributed by atoms with Crippen molar-refractivity contribution in [1.29, 1.82) is 5.26 Å². The van der Waals surface area contributed by atoms with Gasteiger partial charge in [0.2, 0.25) is 0 Å². The molecule has 4 aromatic rings. The van der Waals surface area contributed by atoms with E-state index in [0.717, 1.165) is 72.0 Å². The van der Waals surface area contributed by atoms with Gasteiger partial charge in [-0.15, -0.1) is 0 Å².